The van der Waals surface area contributed by atoms with E-state index in [0.29, 0.717) is 17.4 Å². The van der Waals surface area contributed by atoms with Gasteiger partial charge in [-0.15, -0.1) is 0 Å². The summed E-state index contributed by atoms with van der Waals surface area (Å²) >= 11 is 0. The van der Waals surface area contributed by atoms with Crippen LogP contribution in [0, 0.1) is 5.92 Å². The largest absolute Gasteiger partial charge is 0.311 e. The lowest BCUT2D eigenvalue weighted by Crippen LogP contribution is -2.51. The average Bonchev–Trinajstić information content (AvgIpc) is 2.54. The lowest BCUT2D eigenvalue weighted by molar-refractivity contribution is 0.216. The second-order valence-electron chi connectivity index (χ2n) is 7.51. The molecule has 1 atom stereocenters. The SMILES string of the molecule is O=S1(=O)CCCC(CNC2(Cc3ccccc3)CCCCC2)C1. The second kappa shape index (κ2) is 7.35. The van der Waals surface area contributed by atoms with Crippen molar-refractivity contribution in [1.82, 2.24) is 5.32 Å². The zero-order valence-corrected chi connectivity index (χ0v) is 14.8. The van der Waals surface area contributed by atoms with Gasteiger partial charge in [0.15, 0.2) is 9.84 Å². The molecule has 0 aromatic heterocycles. The maximum absolute atomic E-state index is 11.9. The Labute approximate surface area is 140 Å². The summed E-state index contributed by atoms with van der Waals surface area (Å²) in [7, 11) is -2.80. The Balaban J connectivity index is 1.64. The predicted molar refractivity (Wildman–Crippen MR) is 95.3 cm³/mol. The minimum atomic E-state index is -2.80. The van der Waals surface area contributed by atoms with Gasteiger partial charge in [0.25, 0.3) is 0 Å². The molecule has 2 aliphatic rings. The quantitative estimate of drug-likeness (QED) is 0.897. The van der Waals surface area contributed by atoms with Crippen molar-refractivity contribution >= 4 is 9.84 Å². The molecule has 4 heteroatoms. The fourth-order valence-corrected chi connectivity index (χ4v) is 6.05. The first-order valence-electron chi connectivity index (χ1n) is 9.06. The monoisotopic (exact) mass is 335 g/mol. The highest BCUT2D eigenvalue weighted by atomic mass is 32.2. The minimum absolute atomic E-state index is 0.167. The molecule has 0 radical (unpaired) electrons. The molecule has 1 saturated carbocycles. The minimum Gasteiger partial charge on any atom is -0.311 e. The molecule has 1 aliphatic carbocycles. The van der Waals surface area contributed by atoms with Crippen LogP contribution in [-0.2, 0) is 16.3 Å². The molecule has 1 aromatic rings. The average molecular weight is 336 g/mol. The highest BCUT2D eigenvalue weighted by Crippen LogP contribution is 2.32. The van der Waals surface area contributed by atoms with Gasteiger partial charge in [-0.25, -0.2) is 8.42 Å². The molecule has 1 aromatic carbocycles. The number of rotatable bonds is 5. The van der Waals surface area contributed by atoms with Crippen LogP contribution in [0.4, 0.5) is 0 Å². The van der Waals surface area contributed by atoms with E-state index >= 15 is 0 Å². The summed E-state index contributed by atoms with van der Waals surface area (Å²) in [5.74, 6) is 1.06. The standard InChI is InChI=1S/C19H29NO2S/c21-23(22)13-7-10-18(16-23)15-20-19(11-5-2-6-12-19)14-17-8-3-1-4-9-17/h1,3-4,8-9,18,20H,2,5-7,10-16H2. The summed E-state index contributed by atoms with van der Waals surface area (Å²) in [5.41, 5.74) is 1.55. The molecule has 3 nitrogen and oxygen atoms in total. The van der Waals surface area contributed by atoms with Crippen molar-refractivity contribution in [1.29, 1.82) is 0 Å². The van der Waals surface area contributed by atoms with E-state index in [0.717, 1.165) is 25.8 Å². The second-order valence-corrected chi connectivity index (χ2v) is 9.74. The topological polar surface area (TPSA) is 46.2 Å². The normalized spacial score (nSPS) is 26.7. The van der Waals surface area contributed by atoms with Crippen LogP contribution in [0.5, 0.6) is 0 Å². The van der Waals surface area contributed by atoms with Crippen LogP contribution in [-0.4, -0.2) is 32.0 Å². The first-order valence-corrected chi connectivity index (χ1v) is 10.9. The van der Waals surface area contributed by atoms with Gasteiger partial charge in [0.1, 0.15) is 0 Å². The molecule has 23 heavy (non-hydrogen) atoms. The number of nitrogens with one attached hydrogen (secondary N) is 1. The van der Waals surface area contributed by atoms with Gasteiger partial charge in [0.2, 0.25) is 0 Å². The fourth-order valence-electron chi connectivity index (χ4n) is 4.27. The maximum Gasteiger partial charge on any atom is 0.150 e. The van der Waals surface area contributed by atoms with E-state index in [1.54, 1.807) is 0 Å². The van der Waals surface area contributed by atoms with Crippen LogP contribution in [0.25, 0.3) is 0 Å². The van der Waals surface area contributed by atoms with Gasteiger partial charge in [0.05, 0.1) is 11.5 Å². The van der Waals surface area contributed by atoms with E-state index < -0.39 is 9.84 Å². The summed E-state index contributed by atoms with van der Waals surface area (Å²) in [6.45, 7) is 0.853. The van der Waals surface area contributed by atoms with Crippen molar-refractivity contribution in [3.8, 4) is 0 Å². The van der Waals surface area contributed by atoms with Crippen LogP contribution >= 0.6 is 0 Å². The van der Waals surface area contributed by atoms with E-state index in [4.69, 9.17) is 0 Å². The van der Waals surface area contributed by atoms with Crippen LogP contribution < -0.4 is 5.32 Å². The summed E-state index contributed by atoms with van der Waals surface area (Å²) in [6.07, 6.45) is 9.26. The van der Waals surface area contributed by atoms with Crippen molar-refractivity contribution in [2.75, 3.05) is 18.1 Å². The first kappa shape index (κ1) is 17.0. The molecule has 0 spiro atoms. The molecule has 128 valence electrons. The number of hydrogen-bond donors (Lipinski definition) is 1. The van der Waals surface area contributed by atoms with Crippen molar-refractivity contribution in [3.05, 3.63) is 35.9 Å². The Kier molecular flexibility index (Phi) is 5.42. The molecule has 1 saturated heterocycles. The highest BCUT2D eigenvalue weighted by molar-refractivity contribution is 7.91. The van der Waals surface area contributed by atoms with Gasteiger partial charge in [-0.2, -0.15) is 0 Å². The first-order chi connectivity index (χ1) is 11.1. The van der Waals surface area contributed by atoms with Crippen LogP contribution in [0.2, 0.25) is 0 Å². The van der Waals surface area contributed by atoms with Gasteiger partial charge in [-0.05, 0) is 50.1 Å². The molecule has 1 N–H and O–H groups in total. The van der Waals surface area contributed by atoms with E-state index in [1.165, 1.54) is 37.7 Å². The summed E-state index contributed by atoms with van der Waals surface area (Å²) in [4.78, 5) is 0. The van der Waals surface area contributed by atoms with Gasteiger partial charge in [0, 0.05) is 5.54 Å². The van der Waals surface area contributed by atoms with E-state index in [9.17, 15) is 8.42 Å². The lowest BCUT2D eigenvalue weighted by atomic mass is 9.77. The summed E-state index contributed by atoms with van der Waals surface area (Å²) < 4.78 is 23.7. The highest BCUT2D eigenvalue weighted by Gasteiger charge is 2.33. The Bertz CT molecular complexity index is 591. The van der Waals surface area contributed by atoms with Gasteiger partial charge < -0.3 is 5.32 Å². The third-order valence-corrected chi connectivity index (χ3v) is 7.41. The number of benzene rings is 1. The maximum atomic E-state index is 11.9. The molecular weight excluding hydrogens is 306 g/mol. The Morgan fingerprint density at radius 2 is 1.78 bits per heavy atom. The molecule has 3 rings (SSSR count). The Hall–Kier alpha value is -0.870. The molecule has 1 unspecified atom stereocenters. The van der Waals surface area contributed by atoms with Crippen LogP contribution in [0.1, 0.15) is 50.5 Å². The van der Waals surface area contributed by atoms with Crippen LogP contribution in [0.15, 0.2) is 30.3 Å². The Morgan fingerprint density at radius 3 is 2.48 bits per heavy atom. The van der Waals surface area contributed by atoms with Crippen molar-refractivity contribution in [2.24, 2.45) is 5.92 Å². The van der Waals surface area contributed by atoms with Gasteiger partial charge >= 0.3 is 0 Å². The van der Waals surface area contributed by atoms with Gasteiger partial charge in [-0.3, -0.25) is 0 Å². The van der Waals surface area contributed by atoms with E-state index in [1.807, 2.05) is 0 Å². The Morgan fingerprint density at radius 1 is 1.04 bits per heavy atom. The number of sulfone groups is 1. The molecule has 0 bridgehead atoms. The smallest absolute Gasteiger partial charge is 0.150 e. The van der Waals surface area contributed by atoms with E-state index in [2.05, 4.69) is 35.6 Å². The summed E-state index contributed by atoms with van der Waals surface area (Å²) in [5, 5.41) is 3.83. The third kappa shape index (κ3) is 4.80. The van der Waals surface area contributed by atoms with Gasteiger partial charge in [-0.1, -0.05) is 49.6 Å². The molecule has 2 fully saturated rings. The fraction of sp³-hybridized carbons (Fsp3) is 0.684. The molecular formula is C19H29NO2S. The zero-order valence-electron chi connectivity index (χ0n) is 14.0. The lowest BCUT2D eigenvalue weighted by Gasteiger charge is -2.40. The summed E-state index contributed by atoms with van der Waals surface area (Å²) in [6, 6.07) is 10.7. The third-order valence-electron chi connectivity index (χ3n) is 5.52. The van der Waals surface area contributed by atoms with Crippen LogP contribution in [0.3, 0.4) is 0 Å². The molecule has 0 amide bonds. The van der Waals surface area contributed by atoms with Crippen molar-refractivity contribution < 1.29 is 8.42 Å². The van der Waals surface area contributed by atoms with Crippen molar-refractivity contribution in [3.63, 3.8) is 0 Å². The predicted octanol–water partition coefficient (Wildman–Crippen LogP) is 3.35. The van der Waals surface area contributed by atoms with E-state index in [-0.39, 0.29) is 5.54 Å². The molecule has 1 aliphatic heterocycles. The zero-order chi connectivity index (χ0) is 16.2. The molecule has 1 heterocycles. The van der Waals surface area contributed by atoms with Crippen molar-refractivity contribution in [2.45, 2.75) is 56.9 Å². The number of hydrogen-bond acceptors (Lipinski definition) is 3.